The summed E-state index contributed by atoms with van der Waals surface area (Å²) >= 11 is 0. The van der Waals surface area contributed by atoms with Gasteiger partial charge in [0.2, 0.25) is 53.7 Å². The van der Waals surface area contributed by atoms with E-state index in [1.165, 1.54) is 46.4 Å². The van der Waals surface area contributed by atoms with E-state index in [0.29, 0.717) is 50.9 Å². The summed E-state index contributed by atoms with van der Waals surface area (Å²) in [5.41, 5.74) is -4.30. The Balaban J connectivity index is 2.27. The van der Waals surface area contributed by atoms with E-state index in [9.17, 15) is 47.9 Å². The summed E-state index contributed by atoms with van der Waals surface area (Å²) in [5, 5.41) is 22.3. The highest BCUT2D eigenvalue weighted by Gasteiger charge is 2.42. The van der Waals surface area contributed by atoms with Crippen molar-refractivity contribution in [1.82, 2.24) is 62.2 Å². The third-order valence-corrected chi connectivity index (χ3v) is 14.0. The molecule has 0 aromatic carbocycles. The number of carbonyl (C=O) groups is 10. The number of amides is 10. The number of hydrogen-bond donors (Lipinski definition) is 9. The number of aromatic nitrogens is 1. The number of H-pyrrole nitrogens is 1. The predicted octanol–water partition coefficient (Wildman–Crippen LogP) is 4.00. The first-order valence-electron chi connectivity index (χ1n) is 29.0. The van der Waals surface area contributed by atoms with Crippen molar-refractivity contribution in [2.45, 2.75) is 233 Å². The van der Waals surface area contributed by atoms with Crippen LogP contribution in [0.25, 0.3) is 0 Å². The molecule has 0 bridgehead atoms. The van der Waals surface area contributed by atoms with Gasteiger partial charge in [0.15, 0.2) is 0 Å². The Morgan fingerprint density at radius 2 is 1.18 bits per heavy atom. The van der Waals surface area contributed by atoms with Gasteiger partial charge in [0.05, 0.1) is 0 Å². The SMILES string of the molecule is CCCCCCCC[C@@H](C(=O)N[C@@H](CC(C)C)C(=O)NC(C)(C)C(=O)N[C@@H](CC(C)C)C(=O)N[C@@H](CC(C)C)C(=O)NC(C)(C)C(=O)NC(C)(C)C(=O)NCCC(=O)N[C@@H](C)CN(C)C)N(C=O)[C@@H]1CCCN1C(=O)c1ccc[nH]1. The smallest absolute Gasteiger partial charge is 0.271 e. The summed E-state index contributed by atoms with van der Waals surface area (Å²) in [7, 11) is 3.79. The van der Waals surface area contributed by atoms with Gasteiger partial charge in [0.1, 0.15) is 52.6 Å². The van der Waals surface area contributed by atoms with Crippen LogP contribution in [0.3, 0.4) is 0 Å². The second-order valence-corrected chi connectivity index (χ2v) is 24.9. The molecule has 1 saturated heterocycles. The van der Waals surface area contributed by atoms with Crippen molar-refractivity contribution >= 4 is 59.6 Å². The van der Waals surface area contributed by atoms with Crippen molar-refractivity contribution < 1.29 is 47.9 Å². The van der Waals surface area contributed by atoms with E-state index < -0.39 is 88.3 Å². The van der Waals surface area contributed by atoms with Crippen molar-refractivity contribution in [2.24, 2.45) is 17.8 Å². The minimum absolute atomic E-state index is 0.0286. The van der Waals surface area contributed by atoms with Gasteiger partial charge in [0, 0.05) is 38.3 Å². The second kappa shape index (κ2) is 33.0. The lowest BCUT2D eigenvalue weighted by Crippen LogP contribution is -2.65. The number of hydrogen-bond acceptors (Lipinski definition) is 11. The Kier molecular flexibility index (Phi) is 28.9. The molecule has 1 aromatic heterocycles. The normalized spacial score (nSPS) is 15.8. The Bertz CT molecular complexity index is 2190. The fraction of sp³-hybridized carbons (Fsp3) is 0.759. The number of rotatable bonds is 36. The highest BCUT2D eigenvalue weighted by Crippen LogP contribution is 2.26. The lowest BCUT2D eigenvalue weighted by Gasteiger charge is -2.38. The molecule has 10 amide bonds. The van der Waals surface area contributed by atoms with Gasteiger partial charge in [-0.15, -0.1) is 0 Å². The summed E-state index contributed by atoms with van der Waals surface area (Å²) < 4.78 is 0. The van der Waals surface area contributed by atoms with Crippen LogP contribution in [0.15, 0.2) is 18.3 Å². The molecule has 0 spiro atoms. The van der Waals surface area contributed by atoms with E-state index in [4.69, 9.17) is 0 Å². The van der Waals surface area contributed by atoms with Crippen molar-refractivity contribution in [1.29, 1.82) is 0 Å². The quantitative estimate of drug-likeness (QED) is 0.0342. The average Bonchev–Trinajstić information content (AvgIpc) is 4.07. The Morgan fingerprint density at radius 1 is 0.662 bits per heavy atom. The fourth-order valence-electron chi connectivity index (χ4n) is 9.64. The predicted molar refractivity (Wildman–Crippen MR) is 309 cm³/mol. The Hall–Kier alpha value is -6.06. The molecule has 6 atom stereocenters. The molecular weight excluding hydrogens is 1020 g/mol. The third-order valence-electron chi connectivity index (χ3n) is 14.0. The van der Waals surface area contributed by atoms with Gasteiger partial charge in [0.25, 0.3) is 5.91 Å². The van der Waals surface area contributed by atoms with Crippen LogP contribution in [0.4, 0.5) is 0 Å². The van der Waals surface area contributed by atoms with E-state index in [2.05, 4.69) is 54.4 Å². The van der Waals surface area contributed by atoms with Gasteiger partial charge >= 0.3 is 0 Å². The lowest BCUT2D eigenvalue weighted by atomic mass is 9.96. The second-order valence-electron chi connectivity index (χ2n) is 24.9. The minimum atomic E-state index is -1.64. The number of aromatic amines is 1. The number of nitrogens with one attached hydrogen (secondary N) is 9. The lowest BCUT2D eigenvalue weighted by molar-refractivity contribution is -0.140. The Morgan fingerprint density at radius 3 is 1.69 bits per heavy atom. The molecule has 1 fully saturated rings. The number of carbonyl (C=O) groups excluding carboxylic acids is 10. The van der Waals surface area contributed by atoms with Crippen molar-refractivity contribution in [3.8, 4) is 0 Å². The molecule has 454 valence electrons. The monoisotopic (exact) mass is 1130 g/mol. The number of unbranched alkanes of at least 4 members (excludes halogenated alkanes) is 5. The van der Waals surface area contributed by atoms with E-state index in [-0.39, 0.29) is 67.8 Å². The minimum Gasteiger partial charge on any atom is -0.357 e. The molecular formula is C58H102N12O10. The molecule has 22 heteroatoms. The molecule has 80 heavy (non-hydrogen) atoms. The van der Waals surface area contributed by atoms with E-state index in [1.54, 1.807) is 23.2 Å². The molecule has 2 heterocycles. The van der Waals surface area contributed by atoms with Crippen LogP contribution >= 0.6 is 0 Å². The zero-order valence-corrected chi connectivity index (χ0v) is 51.2. The zero-order chi connectivity index (χ0) is 60.7. The molecule has 1 aliphatic rings. The maximum Gasteiger partial charge on any atom is 0.271 e. The summed E-state index contributed by atoms with van der Waals surface area (Å²) in [6.45, 7) is 25.2. The molecule has 22 nitrogen and oxygen atoms in total. The third kappa shape index (κ3) is 23.6. The van der Waals surface area contributed by atoms with E-state index in [0.717, 1.165) is 32.1 Å². The van der Waals surface area contributed by atoms with Crippen LogP contribution in [0.1, 0.15) is 191 Å². The maximum absolute atomic E-state index is 14.6. The fourth-order valence-corrected chi connectivity index (χ4v) is 9.64. The topological polar surface area (TPSA) is 292 Å². The summed E-state index contributed by atoms with van der Waals surface area (Å²) in [6.07, 6.45) is 9.09. The Labute approximate surface area is 477 Å². The molecule has 1 aromatic rings. The maximum atomic E-state index is 14.6. The molecule has 0 unspecified atom stereocenters. The standard InChI is InChI=1S/C58H102N12O10/c1-17-18-19-20-21-22-26-45(70(36-71)47-27-24-31-69(47)52(77)41-25-23-29-59-41)51(76)63-44(34-39(6)7)50(75)65-57(11,12)54(79)64-42(32-37(2)3)48(73)62-43(33-38(4)5)49(74)66-58(13,14)55(80)67-56(9,10)53(78)60-30-28-46(72)61-40(8)35-68(15)16/h23,25,29,36-40,42-45,47,59H,17-22,24,26-28,30-35H2,1-16H3,(H,60,78)(H,61,72)(H,62,73)(H,63,76)(H,64,79)(H,65,75)(H,66,74)(H,67,80)/t40-,42-,43-,44-,45-,47+/m0/s1. The highest BCUT2D eigenvalue weighted by molar-refractivity contribution is 6.00. The van der Waals surface area contributed by atoms with E-state index >= 15 is 0 Å². The largest absolute Gasteiger partial charge is 0.357 e. The average molecular weight is 1130 g/mol. The van der Waals surface area contributed by atoms with Crippen molar-refractivity contribution in [2.75, 3.05) is 33.7 Å². The molecule has 1 aliphatic heterocycles. The highest BCUT2D eigenvalue weighted by atomic mass is 16.2. The van der Waals surface area contributed by atoms with Gasteiger partial charge in [-0.3, -0.25) is 47.9 Å². The number of likely N-dealkylation sites (tertiary alicyclic amines) is 1. The van der Waals surface area contributed by atoms with E-state index in [1.807, 2.05) is 67.5 Å². The summed E-state index contributed by atoms with van der Waals surface area (Å²) in [5.74, 6) is -5.38. The van der Waals surface area contributed by atoms with Crippen LogP contribution in [-0.2, 0) is 43.2 Å². The summed E-state index contributed by atoms with van der Waals surface area (Å²) in [6, 6.07) is -1.20. The molecule has 0 aliphatic carbocycles. The van der Waals surface area contributed by atoms with Gasteiger partial charge < -0.3 is 62.2 Å². The first kappa shape index (κ1) is 70.0. The first-order chi connectivity index (χ1) is 37.3. The van der Waals surface area contributed by atoms with Gasteiger partial charge in [-0.1, -0.05) is 87.0 Å². The summed E-state index contributed by atoms with van der Waals surface area (Å²) in [4.78, 5) is 145. The van der Waals surface area contributed by atoms with Gasteiger partial charge in [-0.2, -0.15) is 0 Å². The zero-order valence-electron chi connectivity index (χ0n) is 51.2. The van der Waals surface area contributed by atoms with Crippen LogP contribution in [-0.4, -0.2) is 166 Å². The van der Waals surface area contributed by atoms with Crippen LogP contribution in [0.2, 0.25) is 0 Å². The molecule has 0 saturated carbocycles. The molecule has 9 N–H and O–H groups in total. The molecule has 2 rings (SSSR count). The number of nitrogens with zero attached hydrogens (tertiary/aromatic N) is 3. The van der Waals surface area contributed by atoms with Gasteiger partial charge in [-0.05, 0) is 131 Å². The van der Waals surface area contributed by atoms with Crippen molar-refractivity contribution in [3.05, 3.63) is 24.0 Å². The number of likely N-dealkylation sites (N-methyl/N-ethyl adjacent to an activating group) is 1. The van der Waals surface area contributed by atoms with Crippen LogP contribution < -0.4 is 42.5 Å². The molecule has 0 radical (unpaired) electrons. The first-order valence-corrected chi connectivity index (χ1v) is 29.0. The van der Waals surface area contributed by atoms with Gasteiger partial charge in [-0.25, -0.2) is 0 Å². The van der Waals surface area contributed by atoms with Crippen molar-refractivity contribution in [3.63, 3.8) is 0 Å². The van der Waals surface area contributed by atoms with Crippen LogP contribution in [0.5, 0.6) is 0 Å². The van der Waals surface area contributed by atoms with Crippen LogP contribution in [0, 0.1) is 17.8 Å².